The predicted molar refractivity (Wildman–Crippen MR) is 41.0 cm³/mol. The fourth-order valence-corrected chi connectivity index (χ4v) is 1.57. The maximum Gasteiger partial charge on any atom is 0.0507 e. The zero-order valence-electron chi connectivity index (χ0n) is 5.68. The molecule has 8 heavy (non-hydrogen) atoms. The van der Waals surface area contributed by atoms with Gasteiger partial charge >= 0.3 is 0 Å². The third-order valence-corrected chi connectivity index (χ3v) is 2.15. The minimum Gasteiger partial charge on any atom is -0.319 e. The van der Waals surface area contributed by atoms with Crippen molar-refractivity contribution in [3.05, 3.63) is 0 Å². The Hall–Kier alpha value is 0.310. The summed E-state index contributed by atoms with van der Waals surface area (Å²) in [6.07, 6.45) is 2.55. The quantitative estimate of drug-likeness (QED) is 0.545. The molecule has 1 atom stereocenters. The van der Waals surface area contributed by atoms with Crippen LogP contribution in [-0.4, -0.2) is 11.1 Å². The van der Waals surface area contributed by atoms with Crippen LogP contribution < -0.4 is 5.73 Å². The number of nitrogens with two attached hydrogens (primary N) is 1. The molecule has 0 spiro atoms. The van der Waals surface area contributed by atoms with E-state index in [1.807, 2.05) is 25.6 Å². The molecule has 2 heteroatoms. The van der Waals surface area contributed by atoms with Gasteiger partial charge in [-0.15, -0.1) is 11.8 Å². The highest BCUT2D eigenvalue weighted by Crippen LogP contribution is 2.20. The molecule has 1 aliphatic rings. The molecule has 2 N–H and O–H groups in total. The molecule has 0 aromatic carbocycles. The molecule has 0 bridgehead atoms. The number of hydrogen-bond donors (Lipinski definition) is 1. The molecular formula is C6H15NS. The van der Waals surface area contributed by atoms with Crippen molar-refractivity contribution >= 4 is 11.8 Å². The lowest BCUT2D eigenvalue weighted by atomic mass is 10.3. The second-order valence-electron chi connectivity index (χ2n) is 1.55. The lowest BCUT2D eigenvalue weighted by molar-refractivity contribution is 0.813. The first kappa shape index (κ1) is 8.31. The molecule has 0 aromatic heterocycles. The Morgan fingerprint density at radius 2 is 2.12 bits per heavy atom. The Bertz CT molecular complexity index is 41.8. The number of hydrogen-bond acceptors (Lipinski definition) is 2. The van der Waals surface area contributed by atoms with Crippen molar-refractivity contribution in [1.82, 2.24) is 0 Å². The fraction of sp³-hybridized carbons (Fsp3) is 1.00. The van der Waals surface area contributed by atoms with E-state index in [2.05, 4.69) is 0 Å². The van der Waals surface area contributed by atoms with E-state index in [1.54, 1.807) is 0 Å². The van der Waals surface area contributed by atoms with E-state index in [1.165, 1.54) is 18.6 Å². The molecule has 0 amide bonds. The Balaban J connectivity index is 0.000000222. The van der Waals surface area contributed by atoms with Crippen LogP contribution in [0.1, 0.15) is 26.7 Å². The third-order valence-electron chi connectivity index (χ3n) is 0.965. The summed E-state index contributed by atoms with van der Waals surface area (Å²) in [4.78, 5) is 0. The highest BCUT2D eigenvalue weighted by Gasteiger charge is 2.08. The number of thioether (sulfide) groups is 1. The highest BCUT2D eigenvalue weighted by atomic mass is 32.2. The van der Waals surface area contributed by atoms with E-state index in [4.69, 9.17) is 5.73 Å². The molecule has 1 fully saturated rings. The van der Waals surface area contributed by atoms with Gasteiger partial charge in [-0.25, -0.2) is 0 Å². The van der Waals surface area contributed by atoms with Gasteiger partial charge in [-0.05, 0) is 18.6 Å². The standard InChI is InChI=1S/C4H9NS.C2H6/c5-4-2-1-3-6-4;1-2/h4H,1-3,5H2;1-2H3. The van der Waals surface area contributed by atoms with Gasteiger partial charge in [0, 0.05) is 0 Å². The average molecular weight is 133 g/mol. The largest absolute Gasteiger partial charge is 0.319 e. The first-order valence-electron chi connectivity index (χ1n) is 3.27. The normalized spacial score (nSPS) is 26.6. The van der Waals surface area contributed by atoms with Crippen molar-refractivity contribution in [3.63, 3.8) is 0 Å². The molecule has 0 aliphatic carbocycles. The van der Waals surface area contributed by atoms with E-state index in [-0.39, 0.29) is 0 Å². The summed E-state index contributed by atoms with van der Waals surface area (Å²) in [5, 5.41) is 0.463. The van der Waals surface area contributed by atoms with Crippen LogP contribution >= 0.6 is 11.8 Å². The van der Waals surface area contributed by atoms with Gasteiger partial charge in [0.15, 0.2) is 0 Å². The Morgan fingerprint density at radius 3 is 2.25 bits per heavy atom. The van der Waals surface area contributed by atoms with Crippen LogP contribution in [0.2, 0.25) is 0 Å². The Morgan fingerprint density at radius 1 is 1.50 bits per heavy atom. The minimum atomic E-state index is 0.463. The Kier molecular flexibility index (Phi) is 5.66. The molecule has 1 rings (SSSR count). The van der Waals surface area contributed by atoms with Gasteiger partial charge in [0.2, 0.25) is 0 Å². The van der Waals surface area contributed by atoms with E-state index in [0.717, 1.165) is 0 Å². The molecule has 1 saturated heterocycles. The molecule has 0 aromatic rings. The van der Waals surface area contributed by atoms with Crippen LogP contribution in [0.15, 0.2) is 0 Å². The van der Waals surface area contributed by atoms with Crippen LogP contribution in [0.25, 0.3) is 0 Å². The first-order valence-corrected chi connectivity index (χ1v) is 4.31. The molecule has 0 radical (unpaired) electrons. The monoisotopic (exact) mass is 133 g/mol. The van der Waals surface area contributed by atoms with Crippen LogP contribution in [0.4, 0.5) is 0 Å². The smallest absolute Gasteiger partial charge is 0.0507 e. The van der Waals surface area contributed by atoms with Gasteiger partial charge in [-0.3, -0.25) is 0 Å². The van der Waals surface area contributed by atoms with Crippen LogP contribution in [0, 0.1) is 0 Å². The maximum atomic E-state index is 5.50. The van der Waals surface area contributed by atoms with Crippen molar-refractivity contribution in [2.24, 2.45) is 5.73 Å². The summed E-state index contributed by atoms with van der Waals surface area (Å²) < 4.78 is 0. The Labute approximate surface area is 56.0 Å². The van der Waals surface area contributed by atoms with E-state index >= 15 is 0 Å². The molecule has 1 unspecified atom stereocenters. The van der Waals surface area contributed by atoms with Crippen LogP contribution in [-0.2, 0) is 0 Å². The minimum absolute atomic E-state index is 0.463. The molecule has 1 aliphatic heterocycles. The van der Waals surface area contributed by atoms with Crippen molar-refractivity contribution in [3.8, 4) is 0 Å². The van der Waals surface area contributed by atoms with Crippen molar-refractivity contribution < 1.29 is 0 Å². The van der Waals surface area contributed by atoms with Crippen LogP contribution in [0.5, 0.6) is 0 Å². The van der Waals surface area contributed by atoms with Gasteiger partial charge in [-0.1, -0.05) is 13.8 Å². The summed E-state index contributed by atoms with van der Waals surface area (Å²) in [7, 11) is 0. The molecule has 1 heterocycles. The summed E-state index contributed by atoms with van der Waals surface area (Å²) in [5.74, 6) is 1.28. The fourth-order valence-electron chi connectivity index (χ4n) is 0.603. The van der Waals surface area contributed by atoms with Gasteiger partial charge in [0.05, 0.1) is 5.37 Å². The maximum absolute atomic E-state index is 5.50. The molecule has 1 nitrogen and oxygen atoms in total. The second kappa shape index (κ2) is 5.45. The van der Waals surface area contributed by atoms with Gasteiger partial charge in [0.1, 0.15) is 0 Å². The molecule has 0 saturated carbocycles. The van der Waals surface area contributed by atoms with Gasteiger partial charge in [-0.2, -0.15) is 0 Å². The zero-order chi connectivity index (χ0) is 6.41. The SMILES string of the molecule is CC.NC1CCCS1. The molecular weight excluding hydrogens is 118 g/mol. The van der Waals surface area contributed by atoms with E-state index in [0.29, 0.717) is 5.37 Å². The third kappa shape index (κ3) is 3.33. The lowest BCUT2D eigenvalue weighted by Crippen LogP contribution is -2.08. The van der Waals surface area contributed by atoms with Crippen molar-refractivity contribution in [2.45, 2.75) is 32.1 Å². The summed E-state index contributed by atoms with van der Waals surface area (Å²) in [6.45, 7) is 4.00. The molecule has 50 valence electrons. The van der Waals surface area contributed by atoms with Crippen molar-refractivity contribution in [2.75, 3.05) is 5.75 Å². The van der Waals surface area contributed by atoms with Crippen molar-refractivity contribution in [1.29, 1.82) is 0 Å². The highest BCUT2D eigenvalue weighted by molar-refractivity contribution is 8.00. The van der Waals surface area contributed by atoms with E-state index in [9.17, 15) is 0 Å². The average Bonchev–Trinajstić information content (AvgIpc) is 2.24. The van der Waals surface area contributed by atoms with E-state index < -0.39 is 0 Å². The van der Waals surface area contributed by atoms with Gasteiger partial charge < -0.3 is 5.73 Å². The van der Waals surface area contributed by atoms with Gasteiger partial charge in [0.25, 0.3) is 0 Å². The van der Waals surface area contributed by atoms with Crippen LogP contribution in [0.3, 0.4) is 0 Å². The summed E-state index contributed by atoms with van der Waals surface area (Å²) in [5.41, 5.74) is 5.50. The first-order chi connectivity index (χ1) is 3.89. The second-order valence-corrected chi connectivity index (χ2v) is 2.90. The number of rotatable bonds is 0. The predicted octanol–water partition coefficient (Wildman–Crippen LogP) is 1.82. The topological polar surface area (TPSA) is 26.0 Å². The zero-order valence-corrected chi connectivity index (χ0v) is 6.50. The summed E-state index contributed by atoms with van der Waals surface area (Å²) in [6, 6.07) is 0. The lowest BCUT2D eigenvalue weighted by Gasteiger charge is -1.92. The summed E-state index contributed by atoms with van der Waals surface area (Å²) >= 11 is 1.87.